The molecule has 2 heterocycles. The highest BCUT2D eigenvalue weighted by atomic mass is 32.1. The molecule has 0 unspecified atom stereocenters. The molecule has 0 saturated heterocycles. The highest BCUT2D eigenvalue weighted by Crippen LogP contribution is 2.33. The topological polar surface area (TPSA) is 18.5 Å². The molecular formula is C36H38O2S2. The molecule has 0 atom stereocenters. The van der Waals surface area contributed by atoms with Crippen molar-refractivity contribution in [1.82, 2.24) is 0 Å². The fraction of sp³-hybridized carbons (Fsp3) is 0.333. The summed E-state index contributed by atoms with van der Waals surface area (Å²) in [5.41, 5.74) is 1.99. The number of thiophene rings is 2. The first kappa shape index (κ1) is 29.5. The first-order valence-electron chi connectivity index (χ1n) is 14.4. The summed E-state index contributed by atoms with van der Waals surface area (Å²) in [6.45, 7) is 6.00. The van der Waals surface area contributed by atoms with Crippen LogP contribution in [0.25, 0.3) is 9.75 Å². The zero-order chi connectivity index (χ0) is 27.8. The molecule has 0 radical (unpaired) electrons. The number of benzene rings is 2. The van der Waals surface area contributed by atoms with Crippen LogP contribution in [-0.4, -0.2) is 13.2 Å². The molecule has 0 amide bonds. The zero-order valence-electron chi connectivity index (χ0n) is 23.6. The lowest BCUT2D eigenvalue weighted by atomic mass is 10.2. The van der Waals surface area contributed by atoms with Crippen molar-refractivity contribution in [3.8, 4) is 44.9 Å². The minimum absolute atomic E-state index is 0.779. The summed E-state index contributed by atoms with van der Waals surface area (Å²) in [4.78, 5) is 4.55. The smallest absolute Gasteiger partial charge is 0.119 e. The lowest BCUT2D eigenvalue weighted by molar-refractivity contribution is 0.305. The number of hydrogen-bond donors (Lipinski definition) is 0. The Balaban J connectivity index is 1.27. The van der Waals surface area contributed by atoms with Crippen LogP contribution < -0.4 is 9.47 Å². The maximum atomic E-state index is 5.83. The molecule has 0 aliphatic rings. The minimum Gasteiger partial charge on any atom is -0.494 e. The number of ether oxygens (including phenoxy) is 2. The molecule has 206 valence electrons. The summed E-state index contributed by atoms with van der Waals surface area (Å²) in [5.74, 6) is 15.0. The van der Waals surface area contributed by atoms with Gasteiger partial charge in [-0.3, -0.25) is 0 Å². The van der Waals surface area contributed by atoms with E-state index < -0.39 is 0 Å². The van der Waals surface area contributed by atoms with E-state index in [2.05, 4.69) is 61.8 Å². The summed E-state index contributed by atoms with van der Waals surface area (Å²) in [6, 6.07) is 24.6. The van der Waals surface area contributed by atoms with Gasteiger partial charge in [0.15, 0.2) is 0 Å². The van der Waals surface area contributed by atoms with E-state index in [-0.39, 0.29) is 0 Å². The predicted octanol–water partition coefficient (Wildman–Crippen LogP) is 10.2. The lowest BCUT2D eigenvalue weighted by Gasteiger charge is -2.05. The van der Waals surface area contributed by atoms with Gasteiger partial charge < -0.3 is 9.47 Å². The van der Waals surface area contributed by atoms with Crippen molar-refractivity contribution in [1.29, 1.82) is 0 Å². The number of hydrogen-bond acceptors (Lipinski definition) is 4. The van der Waals surface area contributed by atoms with Crippen LogP contribution in [0.4, 0.5) is 0 Å². The molecule has 0 aliphatic carbocycles. The molecule has 40 heavy (non-hydrogen) atoms. The Labute approximate surface area is 248 Å². The third-order valence-corrected chi connectivity index (χ3v) is 8.55. The Hall–Kier alpha value is -3.44. The molecule has 4 heteroatoms. The van der Waals surface area contributed by atoms with E-state index >= 15 is 0 Å². The van der Waals surface area contributed by atoms with Crippen LogP contribution in [0, 0.1) is 23.7 Å². The van der Waals surface area contributed by atoms with Crippen molar-refractivity contribution in [2.45, 2.75) is 65.2 Å². The van der Waals surface area contributed by atoms with E-state index in [1.165, 1.54) is 48.3 Å². The molecular weight excluding hydrogens is 529 g/mol. The number of unbranched alkanes of at least 4 members (excludes halogenated alkanes) is 6. The van der Waals surface area contributed by atoms with Crippen LogP contribution in [-0.2, 0) is 0 Å². The summed E-state index contributed by atoms with van der Waals surface area (Å²) in [6.07, 6.45) is 9.71. The van der Waals surface area contributed by atoms with Crippen LogP contribution >= 0.6 is 22.7 Å². The van der Waals surface area contributed by atoms with Gasteiger partial charge in [-0.25, -0.2) is 0 Å². The van der Waals surface area contributed by atoms with Gasteiger partial charge in [-0.15, -0.1) is 22.7 Å². The Morgan fingerprint density at radius 3 is 1.30 bits per heavy atom. The molecule has 0 aliphatic heterocycles. The second kappa shape index (κ2) is 16.6. The molecule has 2 aromatic carbocycles. The third kappa shape index (κ3) is 9.95. The van der Waals surface area contributed by atoms with Crippen molar-refractivity contribution in [3.05, 3.63) is 93.7 Å². The van der Waals surface area contributed by atoms with Gasteiger partial charge in [-0.1, -0.05) is 76.1 Å². The van der Waals surface area contributed by atoms with Gasteiger partial charge in [0.2, 0.25) is 0 Å². The highest BCUT2D eigenvalue weighted by molar-refractivity contribution is 7.22. The van der Waals surface area contributed by atoms with E-state index in [4.69, 9.17) is 9.47 Å². The first-order chi connectivity index (χ1) is 19.7. The van der Waals surface area contributed by atoms with Crippen molar-refractivity contribution in [3.63, 3.8) is 0 Å². The first-order valence-corrected chi connectivity index (χ1v) is 16.1. The van der Waals surface area contributed by atoms with Crippen molar-refractivity contribution in [2.75, 3.05) is 13.2 Å². The fourth-order valence-corrected chi connectivity index (χ4v) is 5.86. The molecule has 2 aromatic heterocycles. The van der Waals surface area contributed by atoms with Gasteiger partial charge in [0.25, 0.3) is 0 Å². The molecule has 0 fully saturated rings. The largest absolute Gasteiger partial charge is 0.494 e. The molecule has 0 spiro atoms. The average molecular weight is 567 g/mol. The van der Waals surface area contributed by atoms with Crippen molar-refractivity contribution < 1.29 is 9.47 Å². The summed E-state index contributed by atoms with van der Waals surface area (Å²) >= 11 is 3.43. The van der Waals surface area contributed by atoms with E-state index in [1.807, 2.05) is 48.5 Å². The molecule has 4 rings (SSSR count). The summed E-state index contributed by atoms with van der Waals surface area (Å²) in [5, 5.41) is 0. The van der Waals surface area contributed by atoms with Crippen LogP contribution in [0.3, 0.4) is 0 Å². The SMILES string of the molecule is CCCCCCOc1ccc(C#Cc2ccc(-c3ccc(C#Cc4ccc(OCCCCCC)cc4)s3)s2)cc1. The molecule has 0 N–H and O–H groups in total. The van der Waals surface area contributed by atoms with Gasteiger partial charge in [-0.05, 0) is 85.6 Å². The average Bonchev–Trinajstić information content (AvgIpc) is 3.66. The zero-order valence-corrected chi connectivity index (χ0v) is 25.3. The van der Waals surface area contributed by atoms with Gasteiger partial charge in [-0.2, -0.15) is 0 Å². The number of rotatable bonds is 13. The second-order valence-corrected chi connectivity index (χ2v) is 11.9. The van der Waals surface area contributed by atoms with E-state index in [0.29, 0.717) is 0 Å². The van der Waals surface area contributed by atoms with Gasteiger partial charge in [0.1, 0.15) is 11.5 Å². The Bertz CT molecular complexity index is 1310. The third-order valence-electron chi connectivity index (χ3n) is 6.36. The predicted molar refractivity (Wildman–Crippen MR) is 172 cm³/mol. The second-order valence-electron chi connectivity index (χ2n) is 9.69. The van der Waals surface area contributed by atoms with Crippen molar-refractivity contribution in [2.24, 2.45) is 0 Å². The monoisotopic (exact) mass is 566 g/mol. The van der Waals surface area contributed by atoms with Gasteiger partial charge in [0, 0.05) is 20.9 Å². The normalized spacial score (nSPS) is 10.3. The Kier molecular flexibility index (Phi) is 12.3. The fourth-order valence-electron chi connectivity index (χ4n) is 4.05. The summed E-state index contributed by atoms with van der Waals surface area (Å²) < 4.78 is 11.7. The lowest BCUT2D eigenvalue weighted by Crippen LogP contribution is -1.96. The van der Waals surface area contributed by atoms with Crippen LogP contribution in [0.2, 0.25) is 0 Å². The van der Waals surface area contributed by atoms with Crippen LogP contribution in [0.5, 0.6) is 11.5 Å². The molecule has 0 saturated carbocycles. The maximum Gasteiger partial charge on any atom is 0.119 e. The summed E-state index contributed by atoms with van der Waals surface area (Å²) in [7, 11) is 0. The van der Waals surface area contributed by atoms with Crippen LogP contribution in [0.15, 0.2) is 72.8 Å². The van der Waals surface area contributed by atoms with E-state index in [0.717, 1.165) is 58.4 Å². The minimum atomic E-state index is 0.779. The quantitative estimate of drug-likeness (QED) is 0.118. The molecule has 0 bridgehead atoms. The highest BCUT2D eigenvalue weighted by Gasteiger charge is 2.05. The van der Waals surface area contributed by atoms with Crippen LogP contribution in [0.1, 0.15) is 86.1 Å². The van der Waals surface area contributed by atoms with Gasteiger partial charge >= 0.3 is 0 Å². The van der Waals surface area contributed by atoms with E-state index in [1.54, 1.807) is 22.7 Å². The maximum absolute atomic E-state index is 5.83. The van der Waals surface area contributed by atoms with Gasteiger partial charge in [0.05, 0.1) is 23.0 Å². The molecule has 2 nitrogen and oxygen atoms in total. The van der Waals surface area contributed by atoms with Crippen molar-refractivity contribution >= 4 is 22.7 Å². The Morgan fingerprint density at radius 1 is 0.475 bits per heavy atom. The Morgan fingerprint density at radius 2 is 0.900 bits per heavy atom. The standard InChI is InChI=1S/C36H38O2S2/c1-3-5-7-9-27-37-31-17-11-29(12-18-31)15-21-33-23-25-35(39-33)36-26-24-34(40-36)22-16-30-13-19-32(20-14-30)38-28-10-8-6-4-2/h11-14,17-20,23-26H,3-10,27-28H2,1-2H3. The van der Waals surface area contributed by atoms with E-state index in [9.17, 15) is 0 Å². The molecule has 4 aromatic rings.